The number of nitrogens with one attached hydrogen (secondary N) is 2. The molecule has 8 nitrogen and oxygen atoms in total. The van der Waals surface area contributed by atoms with Gasteiger partial charge in [-0.3, -0.25) is 14.2 Å². The van der Waals surface area contributed by atoms with Gasteiger partial charge in [-0.15, -0.1) is 0 Å². The number of halogens is 1. The maximum Gasteiger partial charge on any atom is 0.327 e. The zero-order chi connectivity index (χ0) is 24.2. The Morgan fingerprint density at radius 3 is 2.48 bits per heavy atom. The number of benzene rings is 1. The molecule has 4 N–H and O–H groups in total. The molecule has 3 rings (SSSR count). The zero-order valence-corrected chi connectivity index (χ0v) is 20.0. The highest BCUT2D eigenvalue weighted by atomic mass is 31.2. The van der Waals surface area contributed by atoms with Crippen LogP contribution in [0.1, 0.15) is 75.2 Å². The van der Waals surface area contributed by atoms with Crippen molar-refractivity contribution in [2.24, 2.45) is 0 Å². The highest BCUT2D eigenvalue weighted by Crippen LogP contribution is 2.33. The third-order valence-corrected chi connectivity index (χ3v) is 7.16. The van der Waals surface area contributed by atoms with E-state index in [2.05, 4.69) is 10.6 Å². The maximum absolute atomic E-state index is 15.0. The molecule has 0 unspecified atom stereocenters. The predicted octanol–water partition coefficient (Wildman–Crippen LogP) is 4.15. The second-order valence-corrected chi connectivity index (χ2v) is 10.5. The summed E-state index contributed by atoms with van der Waals surface area (Å²) in [6.07, 6.45) is 7.79. The first kappa shape index (κ1) is 25.4. The van der Waals surface area contributed by atoms with Crippen molar-refractivity contribution in [2.75, 3.05) is 18.0 Å². The van der Waals surface area contributed by atoms with Gasteiger partial charge in [-0.05, 0) is 37.8 Å². The van der Waals surface area contributed by atoms with Gasteiger partial charge in [0.15, 0.2) is 0 Å². The number of hydrogen-bond donors (Lipinski definition) is 4. The van der Waals surface area contributed by atoms with E-state index in [-0.39, 0.29) is 29.6 Å². The summed E-state index contributed by atoms with van der Waals surface area (Å²) >= 11 is 0. The van der Waals surface area contributed by atoms with Crippen molar-refractivity contribution in [3.63, 3.8) is 0 Å². The highest BCUT2D eigenvalue weighted by molar-refractivity contribution is 7.51. The Morgan fingerprint density at radius 2 is 1.88 bits per heavy atom. The molecule has 0 spiro atoms. The first-order chi connectivity index (χ1) is 15.6. The molecule has 1 aliphatic carbocycles. The van der Waals surface area contributed by atoms with Crippen molar-refractivity contribution in [1.82, 2.24) is 9.88 Å². The van der Waals surface area contributed by atoms with Gasteiger partial charge in [-0.1, -0.05) is 33.1 Å². The average molecular weight is 482 g/mol. The highest BCUT2D eigenvalue weighted by Gasteiger charge is 2.22. The van der Waals surface area contributed by atoms with Crippen LogP contribution in [-0.4, -0.2) is 39.0 Å². The molecule has 0 atom stereocenters. The normalized spacial score (nSPS) is 15.2. The average Bonchev–Trinajstić information content (AvgIpc) is 2.76. The molecule has 0 radical (unpaired) electrons. The van der Waals surface area contributed by atoms with Crippen LogP contribution < -0.4 is 16.1 Å². The summed E-state index contributed by atoms with van der Waals surface area (Å²) in [7, 11) is -4.28. The lowest BCUT2D eigenvalue weighted by Crippen LogP contribution is -2.32. The maximum atomic E-state index is 15.0. The van der Waals surface area contributed by atoms with Crippen molar-refractivity contribution in [3.8, 4) is 0 Å². The van der Waals surface area contributed by atoms with Crippen LogP contribution in [0.25, 0.3) is 10.9 Å². The summed E-state index contributed by atoms with van der Waals surface area (Å²) in [4.78, 5) is 43.8. The summed E-state index contributed by atoms with van der Waals surface area (Å²) in [6.45, 7) is 3.73. The smallest absolute Gasteiger partial charge is 0.327 e. The monoisotopic (exact) mass is 481 g/mol. The summed E-state index contributed by atoms with van der Waals surface area (Å²) in [5.41, 5.74) is 0.129. The van der Waals surface area contributed by atoms with Gasteiger partial charge in [0.05, 0.1) is 17.4 Å². The molecule has 1 aliphatic rings. The molecule has 1 fully saturated rings. The van der Waals surface area contributed by atoms with E-state index in [1.165, 1.54) is 18.7 Å². The fraction of sp³-hybridized carbons (Fsp3) is 0.565. The number of anilines is 1. The largest absolute Gasteiger partial charge is 0.380 e. The minimum Gasteiger partial charge on any atom is -0.380 e. The summed E-state index contributed by atoms with van der Waals surface area (Å²) in [5, 5.41) is 5.80. The van der Waals surface area contributed by atoms with Crippen molar-refractivity contribution in [3.05, 3.63) is 39.9 Å². The standard InChI is InChI=1S/C23H33FN3O5P/c1-3-16(4-2)27-14-18(23(29)25-10-11-33(30,31)32)22(28)17-12-19(24)20(13-21(17)27)26-15-8-6-5-7-9-15/h12-16,26H,3-11H2,1-2H3,(H,25,29)(H2,30,31,32). The van der Waals surface area contributed by atoms with E-state index in [1.54, 1.807) is 6.07 Å². The Balaban J connectivity index is 2.04. The van der Waals surface area contributed by atoms with E-state index in [9.17, 15) is 14.2 Å². The van der Waals surface area contributed by atoms with Crippen molar-refractivity contribution in [1.29, 1.82) is 0 Å². The Hall–Kier alpha value is -2.22. The Kier molecular flexibility index (Phi) is 8.32. The second kappa shape index (κ2) is 10.8. The molecule has 1 saturated carbocycles. The number of rotatable bonds is 9. The van der Waals surface area contributed by atoms with E-state index in [1.807, 2.05) is 18.4 Å². The quantitative estimate of drug-likeness (QED) is 0.399. The van der Waals surface area contributed by atoms with Crippen LogP contribution in [-0.2, 0) is 4.57 Å². The van der Waals surface area contributed by atoms with Crippen LogP contribution in [0.5, 0.6) is 0 Å². The van der Waals surface area contributed by atoms with Crippen LogP contribution in [0.2, 0.25) is 0 Å². The van der Waals surface area contributed by atoms with Crippen LogP contribution in [0.15, 0.2) is 23.1 Å². The first-order valence-electron chi connectivity index (χ1n) is 11.6. The number of carbonyl (C=O) groups is 1. The van der Waals surface area contributed by atoms with E-state index < -0.39 is 30.9 Å². The number of carbonyl (C=O) groups excluding carboxylic acids is 1. The number of aromatic nitrogens is 1. The van der Waals surface area contributed by atoms with Crippen LogP contribution in [0.4, 0.5) is 10.1 Å². The third kappa shape index (κ3) is 6.22. The van der Waals surface area contributed by atoms with Gasteiger partial charge < -0.3 is 25.0 Å². The lowest BCUT2D eigenvalue weighted by atomic mass is 9.95. The van der Waals surface area contributed by atoms with Gasteiger partial charge in [0.25, 0.3) is 5.91 Å². The lowest BCUT2D eigenvalue weighted by Gasteiger charge is -2.25. The van der Waals surface area contributed by atoms with E-state index >= 15 is 4.39 Å². The number of hydrogen-bond acceptors (Lipinski definition) is 4. The van der Waals surface area contributed by atoms with Gasteiger partial charge in [0, 0.05) is 30.2 Å². The summed E-state index contributed by atoms with van der Waals surface area (Å²) < 4.78 is 27.9. The third-order valence-electron chi connectivity index (χ3n) is 6.35. The fourth-order valence-electron chi connectivity index (χ4n) is 4.50. The molecule has 0 saturated heterocycles. The molecule has 1 aromatic heterocycles. The molecule has 2 aromatic rings. The van der Waals surface area contributed by atoms with Crippen LogP contribution >= 0.6 is 7.60 Å². The fourth-order valence-corrected chi connectivity index (χ4v) is 4.91. The van der Waals surface area contributed by atoms with Crippen LogP contribution in [0.3, 0.4) is 0 Å². The summed E-state index contributed by atoms with van der Waals surface area (Å²) in [5.74, 6) is -1.28. The topological polar surface area (TPSA) is 121 Å². The molecule has 182 valence electrons. The van der Waals surface area contributed by atoms with Gasteiger partial charge >= 0.3 is 7.60 Å². The van der Waals surface area contributed by atoms with Crippen molar-refractivity contribution < 1.29 is 23.5 Å². The summed E-state index contributed by atoms with van der Waals surface area (Å²) in [6, 6.07) is 3.03. The molecular weight excluding hydrogens is 448 g/mol. The number of amides is 1. The second-order valence-electron chi connectivity index (χ2n) is 8.72. The Morgan fingerprint density at radius 1 is 1.21 bits per heavy atom. The number of fused-ring (bicyclic) bond motifs is 1. The minimum absolute atomic E-state index is 0.0113. The van der Waals surface area contributed by atoms with Gasteiger partial charge in [0.1, 0.15) is 11.4 Å². The van der Waals surface area contributed by atoms with Crippen molar-refractivity contribution >= 4 is 30.1 Å². The Bertz CT molecular complexity index is 1100. The van der Waals surface area contributed by atoms with E-state index in [4.69, 9.17) is 9.79 Å². The van der Waals surface area contributed by atoms with Gasteiger partial charge in [-0.2, -0.15) is 0 Å². The Labute approximate surface area is 192 Å². The zero-order valence-electron chi connectivity index (χ0n) is 19.1. The first-order valence-corrected chi connectivity index (χ1v) is 13.4. The van der Waals surface area contributed by atoms with Gasteiger partial charge in [-0.25, -0.2) is 4.39 Å². The predicted molar refractivity (Wildman–Crippen MR) is 128 cm³/mol. The SMILES string of the molecule is CCC(CC)n1cc(C(=O)NCCP(=O)(O)O)c(=O)c2cc(F)c(NC3CCCCC3)cc21. The lowest BCUT2D eigenvalue weighted by molar-refractivity contribution is 0.0954. The molecule has 1 heterocycles. The molecule has 1 aromatic carbocycles. The van der Waals surface area contributed by atoms with Gasteiger partial charge in [0.2, 0.25) is 5.43 Å². The molecule has 10 heteroatoms. The molecule has 0 aliphatic heterocycles. The van der Waals surface area contributed by atoms with Crippen LogP contribution in [0, 0.1) is 5.82 Å². The minimum atomic E-state index is -4.28. The van der Waals surface area contributed by atoms with E-state index in [0.29, 0.717) is 11.2 Å². The number of pyridine rings is 1. The number of nitrogens with zero attached hydrogens (tertiary/aromatic N) is 1. The van der Waals surface area contributed by atoms with Crippen molar-refractivity contribution in [2.45, 2.75) is 70.9 Å². The molecule has 1 amide bonds. The molecule has 33 heavy (non-hydrogen) atoms. The van der Waals surface area contributed by atoms with E-state index in [0.717, 1.165) is 38.5 Å². The molecular formula is C23H33FN3O5P. The molecule has 0 bridgehead atoms.